The molecule has 5 rings (SSSR count). The number of nitrogens with one attached hydrogen (secondary N) is 1. The summed E-state index contributed by atoms with van der Waals surface area (Å²) in [5.41, 5.74) is 1.91. The number of piperidine rings is 1. The van der Waals surface area contributed by atoms with Crippen molar-refractivity contribution in [3.63, 3.8) is 0 Å². The van der Waals surface area contributed by atoms with Gasteiger partial charge in [-0.1, -0.05) is 40.6 Å². The minimum atomic E-state index is -3.95. The van der Waals surface area contributed by atoms with Gasteiger partial charge in [-0.3, -0.25) is 4.79 Å². The number of hydrogen-bond acceptors (Lipinski definition) is 7. The molecule has 1 fully saturated rings. The van der Waals surface area contributed by atoms with Crippen LogP contribution < -0.4 is 5.32 Å². The lowest BCUT2D eigenvalue weighted by molar-refractivity contribution is -0.120. The largest absolute Gasteiger partial charge is 0.356 e. The number of aryl methyl sites for hydroxylation is 1. The van der Waals surface area contributed by atoms with E-state index < -0.39 is 15.8 Å². The third-order valence-corrected chi connectivity index (χ3v) is 8.49. The Morgan fingerprint density at radius 1 is 1.08 bits per heavy atom. The molecule has 11 heteroatoms. The summed E-state index contributed by atoms with van der Waals surface area (Å²) in [6.07, 6.45) is 5.11. The summed E-state index contributed by atoms with van der Waals surface area (Å²) in [4.78, 5) is 12.9. The fraction of sp³-hybridized carbons (Fsp3) is 0.222. The van der Waals surface area contributed by atoms with Crippen LogP contribution in [0.4, 0.5) is 10.1 Å². The van der Waals surface area contributed by atoms with Crippen LogP contribution in [0.3, 0.4) is 0 Å². The Kier molecular flexibility index (Phi) is 7.21. The van der Waals surface area contributed by atoms with Gasteiger partial charge in [0.1, 0.15) is 11.5 Å². The normalized spacial score (nSPS) is 15.2. The minimum absolute atomic E-state index is 0.0252. The molecule has 0 spiro atoms. The molecular weight excluding hydrogens is 511 g/mol. The van der Waals surface area contributed by atoms with Gasteiger partial charge in [-0.15, -0.1) is 0 Å². The SMILES string of the molecule is Cc1noc(/C=C/c2ccccc2F)c1S(=O)(=O)N1CCC(C(=O)Nc2cccc(-c3ccno3)c2)CC1. The second-order valence-corrected chi connectivity index (χ2v) is 10.8. The summed E-state index contributed by atoms with van der Waals surface area (Å²) in [5.74, 6) is -0.343. The van der Waals surface area contributed by atoms with Gasteiger partial charge in [0, 0.05) is 41.9 Å². The number of hydrogen-bond donors (Lipinski definition) is 1. The van der Waals surface area contributed by atoms with Gasteiger partial charge < -0.3 is 14.4 Å². The number of rotatable bonds is 7. The Bertz CT molecular complexity index is 1570. The van der Waals surface area contributed by atoms with Gasteiger partial charge in [-0.25, -0.2) is 12.8 Å². The molecule has 196 valence electrons. The second-order valence-electron chi connectivity index (χ2n) is 8.94. The lowest BCUT2D eigenvalue weighted by Gasteiger charge is -2.30. The summed E-state index contributed by atoms with van der Waals surface area (Å²) in [5, 5.41) is 10.4. The minimum Gasteiger partial charge on any atom is -0.356 e. The van der Waals surface area contributed by atoms with Crippen molar-refractivity contribution in [3.8, 4) is 11.3 Å². The maximum atomic E-state index is 14.0. The Labute approximate surface area is 219 Å². The average Bonchev–Trinajstić information content (AvgIpc) is 3.59. The number of sulfonamides is 1. The molecule has 3 heterocycles. The van der Waals surface area contributed by atoms with E-state index in [9.17, 15) is 17.6 Å². The average molecular weight is 537 g/mol. The molecule has 0 saturated carbocycles. The standard InChI is InChI=1S/C27H25FN4O5S/c1-18-26(25(37-31-18)10-9-19-5-2-3-8-23(19)28)38(34,35)32-15-12-20(13-16-32)27(33)30-22-7-4-6-21(17-22)24-11-14-29-36-24/h2-11,14,17,20H,12-13,15-16H2,1H3,(H,30,33)/b10-9+. The van der Waals surface area contributed by atoms with Crippen molar-refractivity contribution >= 4 is 33.8 Å². The van der Waals surface area contributed by atoms with Crippen LogP contribution in [0.25, 0.3) is 23.5 Å². The third kappa shape index (κ3) is 5.29. The van der Waals surface area contributed by atoms with Crippen LogP contribution in [0.15, 0.2) is 74.7 Å². The number of benzene rings is 2. The van der Waals surface area contributed by atoms with Gasteiger partial charge in [0.2, 0.25) is 15.9 Å². The molecule has 1 aliphatic heterocycles. The highest BCUT2D eigenvalue weighted by atomic mass is 32.2. The smallest absolute Gasteiger partial charge is 0.248 e. The highest BCUT2D eigenvalue weighted by molar-refractivity contribution is 7.89. The Balaban J connectivity index is 1.25. The first kappa shape index (κ1) is 25.6. The first-order chi connectivity index (χ1) is 18.3. The lowest BCUT2D eigenvalue weighted by atomic mass is 9.97. The number of carbonyl (C=O) groups is 1. The molecule has 0 unspecified atom stereocenters. The zero-order valence-electron chi connectivity index (χ0n) is 20.5. The first-order valence-corrected chi connectivity index (χ1v) is 13.5. The predicted molar refractivity (Wildman–Crippen MR) is 139 cm³/mol. The van der Waals surface area contributed by atoms with Crippen molar-refractivity contribution in [1.82, 2.24) is 14.6 Å². The topological polar surface area (TPSA) is 119 Å². The molecule has 0 atom stereocenters. The summed E-state index contributed by atoms with van der Waals surface area (Å²) < 4.78 is 52.7. The van der Waals surface area contributed by atoms with E-state index in [2.05, 4.69) is 15.6 Å². The van der Waals surface area contributed by atoms with Crippen LogP contribution >= 0.6 is 0 Å². The highest BCUT2D eigenvalue weighted by Gasteiger charge is 2.36. The van der Waals surface area contributed by atoms with Gasteiger partial charge in [0.15, 0.2) is 16.4 Å². The molecule has 1 saturated heterocycles. The van der Waals surface area contributed by atoms with Gasteiger partial charge in [-0.2, -0.15) is 4.31 Å². The van der Waals surface area contributed by atoms with E-state index in [4.69, 9.17) is 9.05 Å². The molecule has 0 bridgehead atoms. The van der Waals surface area contributed by atoms with Crippen LogP contribution in [0.2, 0.25) is 0 Å². The molecule has 1 amide bonds. The molecule has 2 aromatic carbocycles. The van der Waals surface area contributed by atoms with Gasteiger partial charge in [0.05, 0.1) is 6.20 Å². The van der Waals surface area contributed by atoms with Crippen LogP contribution in [0.1, 0.15) is 29.9 Å². The summed E-state index contributed by atoms with van der Waals surface area (Å²) >= 11 is 0. The van der Waals surface area contributed by atoms with Gasteiger partial charge in [-0.05, 0) is 50.1 Å². The van der Waals surface area contributed by atoms with Crippen LogP contribution in [0, 0.1) is 18.7 Å². The number of amides is 1. The Morgan fingerprint density at radius 3 is 2.61 bits per heavy atom. The van der Waals surface area contributed by atoms with E-state index in [1.165, 1.54) is 22.5 Å². The number of nitrogens with zero attached hydrogens (tertiary/aromatic N) is 3. The maximum absolute atomic E-state index is 14.0. The van der Waals surface area contributed by atoms with E-state index in [1.807, 2.05) is 12.1 Å². The second kappa shape index (κ2) is 10.7. The van der Waals surface area contributed by atoms with E-state index in [0.717, 1.165) is 5.56 Å². The number of carbonyl (C=O) groups excluding carboxylic acids is 1. The summed E-state index contributed by atoms with van der Waals surface area (Å²) in [6, 6.07) is 15.1. The van der Waals surface area contributed by atoms with Gasteiger partial charge >= 0.3 is 0 Å². The molecule has 2 aromatic heterocycles. The van der Waals surface area contributed by atoms with Gasteiger partial charge in [0.25, 0.3) is 0 Å². The maximum Gasteiger partial charge on any atom is 0.248 e. The number of anilines is 1. The summed E-state index contributed by atoms with van der Waals surface area (Å²) in [6.45, 7) is 1.88. The van der Waals surface area contributed by atoms with Crippen molar-refractivity contribution in [1.29, 1.82) is 0 Å². The number of halogens is 1. The van der Waals surface area contributed by atoms with Crippen molar-refractivity contribution in [2.45, 2.75) is 24.7 Å². The molecule has 9 nitrogen and oxygen atoms in total. The zero-order valence-corrected chi connectivity index (χ0v) is 21.3. The van der Waals surface area contributed by atoms with Crippen molar-refractivity contribution in [2.75, 3.05) is 18.4 Å². The molecular formula is C27H25FN4O5S. The number of aromatic nitrogens is 2. The Hall–Kier alpha value is -4.09. The molecule has 0 aliphatic carbocycles. The van der Waals surface area contributed by atoms with Crippen molar-refractivity contribution in [2.24, 2.45) is 5.92 Å². The van der Waals surface area contributed by atoms with Crippen LogP contribution in [-0.4, -0.2) is 42.0 Å². The first-order valence-electron chi connectivity index (χ1n) is 12.0. The molecule has 1 aliphatic rings. The molecule has 38 heavy (non-hydrogen) atoms. The highest BCUT2D eigenvalue weighted by Crippen LogP contribution is 2.30. The summed E-state index contributed by atoms with van der Waals surface area (Å²) in [7, 11) is -3.95. The fourth-order valence-electron chi connectivity index (χ4n) is 4.42. The molecule has 4 aromatic rings. The van der Waals surface area contributed by atoms with Crippen LogP contribution in [0.5, 0.6) is 0 Å². The third-order valence-electron chi connectivity index (χ3n) is 6.43. The van der Waals surface area contributed by atoms with Crippen LogP contribution in [-0.2, 0) is 14.8 Å². The molecule has 0 radical (unpaired) electrons. The zero-order chi connectivity index (χ0) is 26.7. The lowest BCUT2D eigenvalue weighted by Crippen LogP contribution is -2.41. The fourth-order valence-corrected chi connectivity index (χ4v) is 6.14. The van der Waals surface area contributed by atoms with E-state index in [0.29, 0.717) is 29.9 Å². The van der Waals surface area contributed by atoms with E-state index in [1.54, 1.807) is 49.5 Å². The molecule has 1 N–H and O–H groups in total. The Morgan fingerprint density at radius 2 is 1.87 bits per heavy atom. The van der Waals surface area contributed by atoms with Crippen molar-refractivity contribution < 1.29 is 26.6 Å². The quantitative estimate of drug-likeness (QED) is 0.354. The van der Waals surface area contributed by atoms with E-state index in [-0.39, 0.29) is 41.3 Å². The predicted octanol–water partition coefficient (Wildman–Crippen LogP) is 4.99. The monoisotopic (exact) mass is 536 g/mol. The van der Waals surface area contributed by atoms with Crippen molar-refractivity contribution in [3.05, 3.63) is 83.6 Å². The van der Waals surface area contributed by atoms with E-state index >= 15 is 0 Å².